The summed E-state index contributed by atoms with van der Waals surface area (Å²) in [6.45, 7) is 2.28. The standard InChI is InChI=1S/C10H16NO3P/c1-9(15(12)13-2)11-14-8-10-6-4-3-5-7-10/h3-7,9,11-12H,8H2,1-2H3. The van der Waals surface area contributed by atoms with Crippen molar-refractivity contribution >= 4 is 8.38 Å². The highest BCUT2D eigenvalue weighted by Gasteiger charge is 2.13. The number of benzene rings is 1. The van der Waals surface area contributed by atoms with E-state index >= 15 is 0 Å². The van der Waals surface area contributed by atoms with Gasteiger partial charge in [0, 0.05) is 7.11 Å². The fourth-order valence-corrected chi connectivity index (χ4v) is 1.50. The van der Waals surface area contributed by atoms with E-state index in [4.69, 9.17) is 9.36 Å². The second-order valence-electron chi connectivity index (χ2n) is 3.05. The van der Waals surface area contributed by atoms with E-state index in [2.05, 4.69) is 5.48 Å². The van der Waals surface area contributed by atoms with Crippen LogP contribution in [0.4, 0.5) is 0 Å². The van der Waals surface area contributed by atoms with Crippen molar-refractivity contribution in [1.82, 2.24) is 5.48 Å². The topological polar surface area (TPSA) is 50.7 Å². The number of hydroxylamine groups is 1. The minimum Gasteiger partial charge on any atom is -0.349 e. The molecule has 84 valence electrons. The van der Waals surface area contributed by atoms with Crippen molar-refractivity contribution in [3.05, 3.63) is 35.9 Å². The summed E-state index contributed by atoms with van der Waals surface area (Å²) in [6, 6.07) is 9.82. The Morgan fingerprint density at radius 2 is 2.07 bits per heavy atom. The van der Waals surface area contributed by atoms with Gasteiger partial charge in [0.25, 0.3) is 0 Å². The van der Waals surface area contributed by atoms with Crippen LogP contribution in [-0.2, 0) is 16.0 Å². The first-order valence-electron chi connectivity index (χ1n) is 4.67. The van der Waals surface area contributed by atoms with Gasteiger partial charge in [0.15, 0.2) is 8.38 Å². The summed E-state index contributed by atoms with van der Waals surface area (Å²) in [4.78, 5) is 14.6. The first kappa shape index (κ1) is 12.6. The largest absolute Gasteiger partial charge is 0.349 e. The molecule has 5 heteroatoms. The highest BCUT2D eigenvalue weighted by Crippen LogP contribution is 2.34. The first-order chi connectivity index (χ1) is 7.24. The Balaban J connectivity index is 2.22. The Bertz CT molecular complexity index is 271. The molecular weight excluding hydrogens is 213 g/mol. The Morgan fingerprint density at radius 1 is 1.40 bits per heavy atom. The second-order valence-corrected chi connectivity index (χ2v) is 4.80. The van der Waals surface area contributed by atoms with Gasteiger partial charge in [-0.3, -0.25) is 4.84 Å². The van der Waals surface area contributed by atoms with Crippen LogP contribution >= 0.6 is 8.38 Å². The molecule has 2 atom stereocenters. The van der Waals surface area contributed by atoms with Gasteiger partial charge in [-0.15, -0.1) is 0 Å². The van der Waals surface area contributed by atoms with Gasteiger partial charge >= 0.3 is 0 Å². The zero-order valence-electron chi connectivity index (χ0n) is 8.88. The molecule has 0 saturated heterocycles. The van der Waals surface area contributed by atoms with Gasteiger partial charge in [0.05, 0.1) is 12.4 Å². The fourth-order valence-electron chi connectivity index (χ4n) is 1.02. The minimum atomic E-state index is -1.46. The van der Waals surface area contributed by atoms with Gasteiger partial charge in [0.1, 0.15) is 0 Å². The molecular formula is C10H16NO3P. The summed E-state index contributed by atoms with van der Waals surface area (Å²) in [5, 5.41) is 0. The maximum absolute atomic E-state index is 9.32. The number of hydrogen-bond donors (Lipinski definition) is 2. The number of nitrogens with one attached hydrogen (secondary N) is 1. The number of hydrogen-bond acceptors (Lipinski definition) is 4. The van der Waals surface area contributed by atoms with E-state index in [1.807, 2.05) is 30.3 Å². The summed E-state index contributed by atoms with van der Waals surface area (Å²) >= 11 is 0. The third-order valence-corrected chi connectivity index (χ3v) is 3.00. The van der Waals surface area contributed by atoms with Gasteiger partial charge in [-0.25, -0.2) is 0 Å². The van der Waals surface area contributed by atoms with Crippen molar-refractivity contribution in [1.29, 1.82) is 0 Å². The van der Waals surface area contributed by atoms with Crippen LogP contribution in [0.25, 0.3) is 0 Å². The monoisotopic (exact) mass is 229 g/mol. The van der Waals surface area contributed by atoms with E-state index < -0.39 is 8.38 Å². The zero-order valence-corrected chi connectivity index (χ0v) is 9.78. The summed E-state index contributed by atoms with van der Waals surface area (Å²) in [6.07, 6.45) is 0. The van der Waals surface area contributed by atoms with Crippen LogP contribution in [0, 0.1) is 0 Å². The summed E-state index contributed by atoms with van der Waals surface area (Å²) in [5.41, 5.74) is 3.82. The van der Waals surface area contributed by atoms with E-state index in [0.29, 0.717) is 6.61 Å². The Kier molecular flexibility index (Phi) is 5.76. The maximum Gasteiger partial charge on any atom is 0.187 e. The van der Waals surface area contributed by atoms with E-state index in [1.54, 1.807) is 6.92 Å². The SMILES string of the molecule is COP(O)C(C)NOCc1ccccc1. The molecule has 1 rings (SSSR count). The molecule has 1 aromatic rings. The van der Waals surface area contributed by atoms with Crippen LogP contribution in [0.5, 0.6) is 0 Å². The molecule has 0 fully saturated rings. The lowest BCUT2D eigenvalue weighted by Gasteiger charge is -2.17. The second kappa shape index (κ2) is 6.88. The van der Waals surface area contributed by atoms with Crippen LogP contribution in [0.1, 0.15) is 12.5 Å². The van der Waals surface area contributed by atoms with Gasteiger partial charge in [-0.1, -0.05) is 30.3 Å². The van der Waals surface area contributed by atoms with Crippen molar-refractivity contribution < 1.29 is 14.3 Å². The molecule has 0 spiro atoms. The maximum atomic E-state index is 9.32. The Labute approximate surface area is 91.1 Å². The smallest absolute Gasteiger partial charge is 0.187 e. The van der Waals surface area contributed by atoms with Gasteiger partial charge in [-0.2, -0.15) is 5.48 Å². The minimum absolute atomic E-state index is 0.200. The Morgan fingerprint density at radius 3 is 2.67 bits per heavy atom. The van der Waals surface area contributed by atoms with Crippen molar-refractivity contribution in [3.8, 4) is 0 Å². The zero-order chi connectivity index (χ0) is 11.1. The van der Waals surface area contributed by atoms with Gasteiger partial charge in [-0.05, 0) is 12.5 Å². The van der Waals surface area contributed by atoms with E-state index in [-0.39, 0.29) is 5.78 Å². The summed E-state index contributed by atoms with van der Waals surface area (Å²) < 4.78 is 4.79. The summed E-state index contributed by atoms with van der Waals surface area (Å²) in [5.74, 6) is -0.200. The highest BCUT2D eigenvalue weighted by molar-refractivity contribution is 7.46. The Hall–Kier alpha value is -0.510. The van der Waals surface area contributed by atoms with Gasteiger partial charge < -0.3 is 9.42 Å². The van der Waals surface area contributed by atoms with Crippen LogP contribution < -0.4 is 5.48 Å². The average Bonchev–Trinajstić information content (AvgIpc) is 2.29. The van der Waals surface area contributed by atoms with E-state index in [1.165, 1.54) is 7.11 Å². The molecule has 0 aliphatic carbocycles. The molecule has 0 radical (unpaired) electrons. The summed E-state index contributed by atoms with van der Waals surface area (Å²) in [7, 11) is 0.0171. The normalized spacial score (nSPS) is 14.9. The van der Waals surface area contributed by atoms with Crippen molar-refractivity contribution in [2.24, 2.45) is 0 Å². The molecule has 2 unspecified atom stereocenters. The molecule has 0 aliphatic heterocycles. The van der Waals surface area contributed by atoms with Crippen LogP contribution in [-0.4, -0.2) is 17.8 Å². The predicted octanol–water partition coefficient (Wildman–Crippen LogP) is 2.00. The quantitative estimate of drug-likeness (QED) is 0.578. The van der Waals surface area contributed by atoms with Crippen molar-refractivity contribution in [2.45, 2.75) is 19.3 Å². The van der Waals surface area contributed by atoms with E-state index in [9.17, 15) is 4.89 Å². The van der Waals surface area contributed by atoms with Crippen LogP contribution in [0.3, 0.4) is 0 Å². The van der Waals surface area contributed by atoms with Gasteiger partial charge in [0.2, 0.25) is 0 Å². The lowest BCUT2D eigenvalue weighted by atomic mass is 10.2. The average molecular weight is 229 g/mol. The van der Waals surface area contributed by atoms with Crippen molar-refractivity contribution in [2.75, 3.05) is 7.11 Å². The lowest BCUT2D eigenvalue weighted by molar-refractivity contribution is 0.0202. The fraction of sp³-hybridized carbons (Fsp3) is 0.400. The molecule has 0 bridgehead atoms. The molecule has 4 nitrogen and oxygen atoms in total. The first-order valence-corrected chi connectivity index (χ1v) is 5.95. The third-order valence-electron chi connectivity index (χ3n) is 1.85. The molecule has 2 N–H and O–H groups in total. The molecule has 0 saturated carbocycles. The molecule has 0 heterocycles. The van der Waals surface area contributed by atoms with Crippen LogP contribution in [0.15, 0.2) is 30.3 Å². The molecule has 0 aliphatic rings. The molecule has 0 amide bonds. The van der Waals surface area contributed by atoms with Crippen molar-refractivity contribution in [3.63, 3.8) is 0 Å². The molecule has 15 heavy (non-hydrogen) atoms. The highest BCUT2D eigenvalue weighted by atomic mass is 31.2. The lowest BCUT2D eigenvalue weighted by Crippen LogP contribution is -2.24. The number of rotatable bonds is 6. The molecule has 1 aromatic carbocycles. The molecule has 0 aromatic heterocycles. The van der Waals surface area contributed by atoms with Crippen LogP contribution in [0.2, 0.25) is 0 Å². The van der Waals surface area contributed by atoms with E-state index in [0.717, 1.165) is 5.56 Å². The third kappa shape index (κ3) is 4.69. The predicted molar refractivity (Wildman–Crippen MR) is 60.0 cm³/mol.